The predicted octanol–water partition coefficient (Wildman–Crippen LogP) is 14.3. The lowest BCUT2D eigenvalue weighted by molar-refractivity contribution is 0.979. The first-order chi connectivity index (χ1) is 27.8. The lowest BCUT2D eigenvalue weighted by Crippen LogP contribution is -2.11. The third kappa shape index (κ3) is 5.92. The van der Waals surface area contributed by atoms with Crippen molar-refractivity contribution in [1.82, 2.24) is 9.61 Å². The van der Waals surface area contributed by atoms with Gasteiger partial charge in [-0.15, -0.1) is 0 Å². The lowest BCUT2D eigenvalue weighted by Gasteiger charge is -2.28. The van der Waals surface area contributed by atoms with E-state index in [1.165, 1.54) is 16.7 Å². The van der Waals surface area contributed by atoms with Crippen molar-refractivity contribution in [2.45, 2.75) is 0 Å². The second-order valence-corrected chi connectivity index (χ2v) is 14.0. The van der Waals surface area contributed by atoms with E-state index in [1.54, 1.807) is 0 Å². The number of benzene rings is 8. The van der Waals surface area contributed by atoms with Crippen molar-refractivity contribution in [2.75, 3.05) is 4.90 Å². The minimum Gasteiger partial charge on any atom is -0.310 e. The van der Waals surface area contributed by atoms with Gasteiger partial charge in [0.15, 0.2) is 0 Å². The maximum Gasteiger partial charge on any atom is 0.101 e. The Balaban J connectivity index is 1.25. The molecule has 0 radical (unpaired) electrons. The minimum absolute atomic E-state index is 0.961. The molecule has 0 saturated carbocycles. The van der Waals surface area contributed by atoms with Gasteiger partial charge in [0.25, 0.3) is 0 Å². The highest BCUT2D eigenvalue weighted by molar-refractivity contribution is 6.10. The predicted molar refractivity (Wildman–Crippen MR) is 235 cm³/mol. The van der Waals surface area contributed by atoms with E-state index >= 15 is 0 Å². The van der Waals surface area contributed by atoms with Crippen LogP contribution in [0.15, 0.2) is 224 Å². The Hall–Kier alpha value is -7.49. The van der Waals surface area contributed by atoms with Crippen molar-refractivity contribution in [1.29, 1.82) is 0 Å². The summed E-state index contributed by atoms with van der Waals surface area (Å²) in [5.41, 5.74) is 15.5. The van der Waals surface area contributed by atoms with Crippen LogP contribution in [0.25, 0.3) is 72.2 Å². The van der Waals surface area contributed by atoms with Gasteiger partial charge in [-0.05, 0) is 64.0 Å². The largest absolute Gasteiger partial charge is 0.310 e. The van der Waals surface area contributed by atoms with Crippen LogP contribution in [0.1, 0.15) is 0 Å². The van der Waals surface area contributed by atoms with Gasteiger partial charge >= 0.3 is 0 Å². The van der Waals surface area contributed by atoms with Crippen LogP contribution in [-0.2, 0) is 0 Å². The molecule has 0 bridgehead atoms. The smallest absolute Gasteiger partial charge is 0.101 e. The van der Waals surface area contributed by atoms with Crippen molar-refractivity contribution in [3.8, 4) is 55.9 Å². The monoisotopic (exact) mass is 715 g/mol. The van der Waals surface area contributed by atoms with Crippen molar-refractivity contribution in [3.05, 3.63) is 224 Å². The van der Waals surface area contributed by atoms with Crippen molar-refractivity contribution in [2.24, 2.45) is 0 Å². The molecule has 3 heteroatoms. The number of rotatable bonds is 8. The SMILES string of the molecule is c1ccc(-c2ccccc2-c2ccccc2N(c2ccccc2)c2ccc3c(c2)cc(-c2ccccc2)n2nc(-c4ccccc4)c(-c4ccccc4)c32)cc1. The normalized spacial score (nSPS) is 11.2. The van der Waals surface area contributed by atoms with Gasteiger partial charge in [-0.2, -0.15) is 5.10 Å². The molecule has 0 fully saturated rings. The highest BCUT2D eigenvalue weighted by atomic mass is 15.2. The van der Waals surface area contributed by atoms with Crippen LogP contribution in [0.2, 0.25) is 0 Å². The summed E-state index contributed by atoms with van der Waals surface area (Å²) in [7, 11) is 0. The Kier molecular flexibility index (Phi) is 8.51. The number of nitrogens with zero attached hydrogens (tertiary/aromatic N) is 3. The number of hydrogen-bond donors (Lipinski definition) is 0. The minimum atomic E-state index is 0.961. The molecule has 0 aliphatic rings. The molecular weight excluding hydrogens is 679 g/mol. The summed E-state index contributed by atoms with van der Waals surface area (Å²) in [6.45, 7) is 0. The topological polar surface area (TPSA) is 20.5 Å². The average molecular weight is 716 g/mol. The van der Waals surface area contributed by atoms with Gasteiger partial charge < -0.3 is 4.90 Å². The van der Waals surface area contributed by atoms with Crippen molar-refractivity contribution < 1.29 is 0 Å². The highest BCUT2D eigenvalue weighted by Crippen LogP contribution is 2.46. The molecule has 3 nitrogen and oxygen atoms in total. The molecule has 2 heterocycles. The summed E-state index contributed by atoms with van der Waals surface area (Å²) in [5, 5.41) is 7.69. The standard InChI is InChI=1S/C53H37N3/c1-6-20-38(21-7-1)45-30-16-17-31-47(45)48-32-18-19-33-49(48)55(43-28-14-5-15-29-43)44-34-35-46-42(36-44)37-50(39-22-8-2-9-23-39)56-53(46)51(40-24-10-3-11-25-40)52(54-56)41-26-12-4-13-27-41/h1-37H. The molecule has 0 aliphatic carbocycles. The van der Waals surface area contributed by atoms with Gasteiger partial charge in [-0.1, -0.05) is 188 Å². The maximum atomic E-state index is 5.42. The Morgan fingerprint density at radius 3 is 1.55 bits per heavy atom. The van der Waals surface area contributed by atoms with Crippen molar-refractivity contribution >= 4 is 33.4 Å². The van der Waals surface area contributed by atoms with Crippen LogP contribution in [0, 0.1) is 0 Å². The second kappa shape index (κ2) is 14.4. The molecule has 0 unspecified atom stereocenters. The van der Waals surface area contributed by atoms with E-state index in [0.29, 0.717) is 0 Å². The fourth-order valence-corrected chi connectivity index (χ4v) is 8.05. The molecule has 0 spiro atoms. The molecule has 0 N–H and O–H groups in total. The molecular formula is C53H37N3. The molecule has 56 heavy (non-hydrogen) atoms. The zero-order valence-electron chi connectivity index (χ0n) is 30.7. The first-order valence-corrected chi connectivity index (χ1v) is 19.1. The summed E-state index contributed by atoms with van der Waals surface area (Å²) in [4.78, 5) is 2.40. The maximum absolute atomic E-state index is 5.42. The van der Waals surface area contributed by atoms with Crippen LogP contribution in [0.3, 0.4) is 0 Å². The van der Waals surface area contributed by atoms with Gasteiger partial charge in [0.05, 0.1) is 16.9 Å². The summed E-state index contributed by atoms with van der Waals surface area (Å²) in [6, 6.07) is 79.9. The Bertz CT molecular complexity index is 2940. The van der Waals surface area contributed by atoms with Crippen LogP contribution >= 0.6 is 0 Å². The number of anilines is 3. The number of para-hydroxylation sites is 2. The Labute approximate surface area is 327 Å². The van der Waals surface area contributed by atoms with E-state index in [4.69, 9.17) is 5.10 Å². The van der Waals surface area contributed by atoms with E-state index < -0.39 is 0 Å². The summed E-state index contributed by atoms with van der Waals surface area (Å²) >= 11 is 0. The fraction of sp³-hybridized carbons (Fsp3) is 0. The van der Waals surface area contributed by atoms with Gasteiger partial charge in [0.1, 0.15) is 5.69 Å². The van der Waals surface area contributed by atoms with Crippen molar-refractivity contribution in [3.63, 3.8) is 0 Å². The number of pyridine rings is 1. The highest BCUT2D eigenvalue weighted by Gasteiger charge is 2.23. The summed E-state index contributed by atoms with van der Waals surface area (Å²) in [6.07, 6.45) is 0. The third-order valence-electron chi connectivity index (χ3n) is 10.6. The second-order valence-electron chi connectivity index (χ2n) is 14.0. The van der Waals surface area contributed by atoms with Gasteiger partial charge in [0.2, 0.25) is 0 Å². The quantitative estimate of drug-likeness (QED) is 0.156. The number of hydrogen-bond acceptors (Lipinski definition) is 2. The van der Waals surface area contributed by atoms with Crippen LogP contribution < -0.4 is 4.90 Å². The van der Waals surface area contributed by atoms with E-state index in [2.05, 4.69) is 234 Å². The molecule has 10 aromatic rings. The third-order valence-corrected chi connectivity index (χ3v) is 10.6. The van der Waals surface area contributed by atoms with Crippen LogP contribution in [0.5, 0.6) is 0 Å². The molecule has 10 rings (SSSR count). The Morgan fingerprint density at radius 2 is 0.893 bits per heavy atom. The molecule has 0 saturated heterocycles. The molecule has 8 aromatic carbocycles. The van der Waals surface area contributed by atoms with E-state index in [-0.39, 0.29) is 0 Å². The van der Waals surface area contributed by atoms with Gasteiger partial charge in [-0.25, -0.2) is 4.52 Å². The molecule has 0 aliphatic heterocycles. The zero-order chi connectivity index (χ0) is 37.3. The van der Waals surface area contributed by atoms with Crippen LogP contribution in [0.4, 0.5) is 17.1 Å². The summed E-state index contributed by atoms with van der Waals surface area (Å²) in [5.74, 6) is 0. The first-order valence-electron chi connectivity index (χ1n) is 19.1. The van der Waals surface area contributed by atoms with Crippen LogP contribution in [-0.4, -0.2) is 9.61 Å². The average Bonchev–Trinajstić information content (AvgIpc) is 3.69. The van der Waals surface area contributed by atoms with E-state index in [0.717, 1.165) is 72.6 Å². The number of aromatic nitrogens is 2. The molecule has 264 valence electrons. The lowest BCUT2D eigenvalue weighted by atomic mass is 9.93. The first kappa shape index (κ1) is 33.1. The van der Waals surface area contributed by atoms with Gasteiger partial charge in [-0.3, -0.25) is 0 Å². The van der Waals surface area contributed by atoms with E-state index in [1.807, 2.05) is 0 Å². The number of fused-ring (bicyclic) bond motifs is 3. The Morgan fingerprint density at radius 1 is 0.375 bits per heavy atom. The zero-order valence-corrected chi connectivity index (χ0v) is 30.7. The molecule has 2 aromatic heterocycles. The molecule has 0 atom stereocenters. The van der Waals surface area contributed by atoms with E-state index in [9.17, 15) is 0 Å². The van der Waals surface area contributed by atoms with Gasteiger partial charge in [0, 0.05) is 39.0 Å². The molecule has 0 amide bonds. The fourth-order valence-electron chi connectivity index (χ4n) is 8.05. The summed E-state index contributed by atoms with van der Waals surface area (Å²) < 4.78 is 2.16.